The molecule has 2 heterocycles. The quantitative estimate of drug-likeness (QED) is 0.834. The van der Waals surface area contributed by atoms with Gasteiger partial charge in [-0.2, -0.15) is 5.10 Å². The number of thioether (sulfide) groups is 1. The van der Waals surface area contributed by atoms with Crippen molar-refractivity contribution in [3.05, 3.63) is 48.8 Å². The first kappa shape index (κ1) is 16.7. The van der Waals surface area contributed by atoms with Gasteiger partial charge in [0.25, 0.3) is 0 Å². The van der Waals surface area contributed by atoms with Crippen LogP contribution in [0.1, 0.15) is 25.7 Å². The maximum Gasteiger partial charge on any atom is 0.248 e. The van der Waals surface area contributed by atoms with Gasteiger partial charge in [-0.05, 0) is 57.0 Å². The molecule has 2 aliphatic rings. The molecule has 1 aliphatic heterocycles. The summed E-state index contributed by atoms with van der Waals surface area (Å²) in [6.45, 7) is 2.41. The number of amides is 1. The van der Waals surface area contributed by atoms with Crippen LogP contribution in [0.4, 0.5) is 0 Å². The van der Waals surface area contributed by atoms with E-state index in [4.69, 9.17) is 0 Å². The van der Waals surface area contributed by atoms with Crippen LogP contribution in [0.5, 0.6) is 0 Å². The summed E-state index contributed by atoms with van der Waals surface area (Å²) in [7, 11) is 0. The standard InChI is InChI=1S/C19H24N4OS/c24-17(19(9-12-20-13-10-19)23-14-4-11-22-23)21-15-18(7-8-18)25-16-5-2-1-3-6-16/h1-6,11,14,20H,7-10,12-13,15H2,(H,21,24). The van der Waals surface area contributed by atoms with Crippen LogP contribution in [-0.4, -0.2) is 40.1 Å². The topological polar surface area (TPSA) is 59.0 Å². The summed E-state index contributed by atoms with van der Waals surface area (Å²) >= 11 is 1.89. The molecular weight excluding hydrogens is 332 g/mol. The minimum absolute atomic E-state index is 0.109. The third-order valence-corrected chi connectivity index (χ3v) is 6.75. The Morgan fingerprint density at radius 2 is 1.92 bits per heavy atom. The van der Waals surface area contributed by atoms with E-state index in [1.54, 1.807) is 6.20 Å². The Balaban J connectivity index is 1.44. The van der Waals surface area contributed by atoms with Gasteiger partial charge in [0.1, 0.15) is 5.54 Å². The maximum absolute atomic E-state index is 13.1. The highest BCUT2D eigenvalue weighted by molar-refractivity contribution is 8.01. The molecule has 1 amide bonds. The summed E-state index contributed by atoms with van der Waals surface area (Å²) in [5.74, 6) is 0.109. The summed E-state index contributed by atoms with van der Waals surface area (Å²) in [5.41, 5.74) is -0.553. The molecule has 2 fully saturated rings. The van der Waals surface area contributed by atoms with E-state index in [1.807, 2.05) is 34.8 Å². The number of nitrogens with zero attached hydrogens (tertiary/aromatic N) is 2. The highest BCUT2D eigenvalue weighted by atomic mass is 32.2. The first-order valence-corrected chi connectivity index (χ1v) is 9.77. The number of carbonyl (C=O) groups excluding carboxylic acids is 1. The van der Waals surface area contributed by atoms with Crippen molar-refractivity contribution < 1.29 is 4.79 Å². The number of benzene rings is 1. The fraction of sp³-hybridized carbons (Fsp3) is 0.474. The molecule has 2 N–H and O–H groups in total. The van der Waals surface area contributed by atoms with Crippen LogP contribution in [0.2, 0.25) is 0 Å². The zero-order chi connectivity index (χ0) is 17.2. The lowest BCUT2D eigenvalue weighted by Crippen LogP contribution is -2.55. The van der Waals surface area contributed by atoms with E-state index in [2.05, 4.69) is 40.0 Å². The van der Waals surface area contributed by atoms with Crippen molar-refractivity contribution in [1.29, 1.82) is 0 Å². The first-order valence-electron chi connectivity index (χ1n) is 8.96. The highest BCUT2D eigenvalue weighted by Crippen LogP contribution is 2.51. The predicted octanol–water partition coefficient (Wildman–Crippen LogP) is 2.40. The Morgan fingerprint density at radius 1 is 1.16 bits per heavy atom. The van der Waals surface area contributed by atoms with Gasteiger partial charge in [0.2, 0.25) is 5.91 Å². The lowest BCUT2D eigenvalue weighted by Gasteiger charge is -2.36. The SMILES string of the molecule is O=C(NCC1(Sc2ccccc2)CC1)C1(n2cccn2)CCNCC1. The van der Waals surface area contributed by atoms with E-state index in [0.717, 1.165) is 45.3 Å². The van der Waals surface area contributed by atoms with E-state index in [0.29, 0.717) is 0 Å². The molecule has 5 nitrogen and oxygen atoms in total. The van der Waals surface area contributed by atoms with Gasteiger partial charge in [0.15, 0.2) is 0 Å². The van der Waals surface area contributed by atoms with Crippen molar-refractivity contribution in [2.24, 2.45) is 0 Å². The minimum Gasteiger partial charge on any atom is -0.353 e. The predicted molar refractivity (Wildman–Crippen MR) is 99.6 cm³/mol. The van der Waals surface area contributed by atoms with Crippen molar-refractivity contribution >= 4 is 17.7 Å². The van der Waals surface area contributed by atoms with Gasteiger partial charge in [0, 0.05) is 28.6 Å². The molecule has 0 bridgehead atoms. The number of aromatic nitrogens is 2. The van der Waals surface area contributed by atoms with Crippen molar-refractivity contribution in [2.75, 3.05) is 19.6 Å². The molecule has 4 rings (SSSR count). The number of piperidine rings is 1. The smallest absolute Gasteiger partial charge is 0.248 e. The van der Waals surface area contributed by atoms with Crippen molar-refractivity contribution in [2.45, 2.75) is 40.9 Å². The van der Waals surface area contributed by atoms with Gasteiger partial charge in [0.05, 0.1) is 0 Å². The molecule has 0 atom stereocenters. The minimum atomic E-state index is -0.553. The van der Waals surface area contributed by atoms with E-state index in [1.165, 1.54) is 4.90 Å². The molecule has 1 aromatic heterocycles. The van der Waals surface area contributed by atoms with Crippen LogP contribution in [0, 0.1) is 0 Å². The van der Waals surface area contributed by atoms with Crippen molar-refractivity contribution in [3.63, 3.8) is 0 Å². The average molecular weight is 356 g/mol. The Morgan fingerprint density at radius 3 is 2.56 bits per heavy atom. The normalized spacial score (nSPS) is 20.8. The molecule has 0 radical (unpaired) electrons. The lowest BCUT2D eigenvalue weighted by atomic mass is 9.87. The summed E-state index contributed by atoms with van der Waals surface area (Å²) < 4.78 is 2.02. The van der Waals surface area contributed by atoms with Gasteiger partial charge >= 0.3 is 0 Å². The number of nitrogens with one attached hydrogen (secondary N) is 2. The number of hydrogen-bond acceptors (Lipinski definition) is 4. The molecule has 0 spiro atoms. The van der Waals surface area contributed by atoms with Crippen LogP contribution in [0.3, 0.4) is 0 Å². The van der Waals surface area contributed by atoms with E-state index < -0.39 is 5.54 Å². The first-order chi connectivity index (χ1) is 12.2. The van der Waals surface area contributed by atoms with E-state index in [9.17, 15) is 4.79 Å². The highest BCUT2D eigenvalue weighted by Gasteiger charge is 2.47. The zero-order valence-electron chi connectivity index (χ0n) is 14.3. The molecule has 1 saturated carbocycles. The Bertz CT molecular complexity index is 706. The van der Waals surface area contributed by atoms with Gasteiger partial charge in [-0.15, -0.1) is 11.8 Å². The summed E-state index contributed by atoms with van der Waals surface area (Å²) in [6.07, 6.45) is 7.53. The van der Waals surface area contributed by atoms with Gasteiger partial charge in [-0.25, -0.2) is 0 Å². The average Bonchev–Trinajstić information content (AvgIpc) is 3.19. The number of hydrogen-bond donors (Lipinski definition) is 2. The maximum atomic E-state index is 13.1. The van der Waals surface area contributed by atoms with Gasteiger partial charge in [-0.3, -0.25) is 9.48 Å². The summed E-state index contributed by atoms with van der Waals surface area (Å²) in [4.78, 5) is 14.4. The van der Waals surface area contributed by atoms with Crippen molar-refractivity contribution in [1.82, 2.24) is 20.4 Å². The third-order valence-electron chi connectivity index (χ3n) is 5.25. The van der Waals surface area contributed by atoms with E-state index in [-0.39, 0.29) is 10.7 Å². The Hall–Kier alpha value is -1.79. The zero-order valence-corrected chi connectivity index (χ0v) is 15.1. The second kappa shape index (κ2) is 6.84. The Labute approximate surface area is 152 Å². The third kappa shape index (κ3) is 3.46. The molecule has 25 heavy (non-hydrogen) atoms. The molecule has 6 heteroatoms. The molecule has 0 unspecified atom stereocenters. The second-order valence-corrected chi connectivity index (χ2v) is 8.55. The monoisotopic (exact) mass is 356 g/mol. The summed E-state index contributed by atoms with van der Waals surface area (Å²) in [6, 6.07) is 12.4. The Kier molecular flexibility index (Phi) is 4.56. The fourth-order valence-corrected chi connectivity index (χ4v) is 4.77. The van der Waals surface area contributed by atoms with E-state index >= 15 is 0 Å². The number of rotatable bonds is 6. The molecule has 1 aliphatic carbocycles. The largest absolute Gasteiger partial charge is 0.353 e. The van der Waals surface area contributed by atoms with Crippen molar-refractivity contribution in [3.8, 4) is 0 Å². The molecule has 132 valence electrons. The van der Waals surface area contributed by atoms with Crippen LogP contribution in [-0.2, 0) is 10.3 Å². The summed E-state index contributed by atoms with van der Waals surface area (Å²) in [5, 5.41) is 11.0. The second-order valence-electron chi connectivity index (χ2n) is 7.01. The number of carbonyl (C=O) groups is 1. The lowest BCUT2D eigenvalue weighted by molar-refractivity contribution is -0.132. The fourth-order valence-electron chi connectivity index (χ4n) is 3.52. The van der Waals surface area contributed by atoms with Gasteiger partial charge in [-0.1, -0.05) is 18.2 Å². The van der Waals surface area contributed by atoms with Crippen LogP contribution >= 0.6 is 11.8 Å². The van der Waals surface area contributed by atoms with Crippen LogP contribution in [0.25, 0.3) is 0 Å². The van der Waals surface area contributed by atoms with Crippen LogP contribution < -0.4 is 10.6 Å². The molecule has 1 saturated heterocycles. The molecule has 1 aromatic carbocycles. The van der Waals surface area contributed by atoms with Crippen LogP contribution in [0.15, 0.2) is 53.7 Å². The molecule has 2 aromatic rings. The van der Waals surface area contributed by atoms with Gasteiger partial charge < -0.3 is 10.6 Å². The molecular formula is C19H24N4OS.